The van der Waals surface area contributed by atoms with Crippen LogP contribution in [-0.2, 0) is 18.4 Å². The number of imidazole rings is 1. The van der Waals surface area contributed by atoms with Crippen molar-refractivity contribution in [1.82, 2.24) is 9.55 Å². The Morgan fingerprint density at radius 3 is 2.56 bits per heavy atom. The number of nitrogens with zero attached hydrogens (tertiary/aromatic N) is 3. The molecule has 0 spiro atoms. The first-order chi connectivity index (χ1) is 15.1. The van der Waals surface area contributed by atoms with Gasteiger partial charge < -0.3 is 9.30 Å². The standard InChI is InChI=1S/C26H22ClN3O.ClH/c1-18-6-3-4-9-23(18)24-13-20(10-11-21(24)14-28)26(25-15-29-17-30(25)2)31-16-19-7-5-8-22(27)12-19;/h3-13,15,17,26H,16H2,1-2H3;1H. The number of aromatic nitrogens is 2. The molecule has 4 nitrogen and oxygen atoms in total. The fourth-order valence-corrected chi connectivity index (χ4v) is 3.91. The van der Waals surface area contributed by atoms with Crippen molar-refractivity contribution >= 4 is 24.0 Å². The molecule has 162 valence electrons. The molecule has 0 aliphatic heterocycles. The summed E-state index contributed by atoms with van der Waals surface area (Å²) in [5.74, 6) is 0. The molecule has 0 saturated carbocycles. The van der Waals surface area contributed by atoms with E-state index in [1.807, 2.05) is 72.4 Å². The van der Waals surface area contributed by atoms with Crippen molar-refractivity contribution in [2.45, 2.75) is 19.6 Å². The van der Waals surface area contributed by atoms with Gasteiger partial charge in [-0.05, 0) is 53.4 Å². The Kier molecular flexibility index (Phi) is 7.71. The average molecular weight is 464 g/mol. The van der Waals surface area contributed by atoms with Gasteiger partial charge in [0.05, 0.1) is 36.5 Å². The normalized spacial score (nSPS) is 11.4. The second-order valence-corrected chi connectivity index (χ2v) is 7.92. The van der Waals surface area contributed by atoms with E-state index in [9.17, 15) is 5.26 Å². The number of hydrogen-bond acceptors (Lipinski definition) is 3. The molecule has 32 heavy (non-hydrogen) atoms. The Morgan fingerprint density at radius 1 is 1.06 bits per heavy atom. The predicted octanol–water partition coefficient (Wildman–Crippen LogP) is 6.65. The van der Waals surface area contributed by atoms with Crippen LogP contribution >= 0.6 is 24.0 Å². The second kappa shape index (κ2) is 10.5. The molecule has 0 N–H and O–H groups in total. The zero-order chi connectivity index (χ0) is 21.8. The van der Waals surface area contributed by atoms with Gasteiger partial charge in [-0.2, -0.15) is 5.26 Å². The van der Waals surface area contributed by atoms with Crippen molar-refractivity contribution in [3.8, 4) is 17.2 Å². The summed E-state index contributed by atoms with van der Waals surface area (Å²) >= 11 is 6.14. The highest BCUT2D eigenvalue weighted by Crippen LogP contribution is 2.33. The highest BCUT2D eigenvalue weighted by molar-refractivity contribution is 6.30. The fraction of sp³-hybridized carbons (Fsp3) is 0.154. The Balaban J connectivity index is 0.00000289. The van der Waals surface area contributed by atoms with Crippen LogP contribution in [0, 0.1) is 18.3 Å². The molecule has 0 radical (unpaired) electrons. The Bertz CT molecular complexity index is 1260. The van der Waals surface area contributed by atoms with Gasteiger partial charge in [0.25, 0.3) is 0 Å². The highest BCUT2D eigenvalue weighted by atomic mass is 35.5. The third-order valence-electron chi connectivity index (χ3n) is 5.33. The predicted molar refractivity (Wildman–Crippen MR) is 130 cm³/mol. The number of aryl methyl sites for hydroxylation is 2. The van der Waals surface area contributed by atoms with Crippen LogP contribution < -0.4 is 0 Å². The monoisotopic (exact) mass is 463 g/mol. The lowest BCUT2D eigenvalue weighted by molar-refractivity contribution is 0.0622. The van der Waals surface area contributed by atoms with Gasteiger partial charge in [0, 0.05) is 17.6 Å². The van der Waals surface area contributed by atoms with E-state index in [1.165, 1.54) is 0 Å². The fourth-order valence-electron chi connectivity index (χ4n) is 3.70. The molecule has 0 aliphatic rings. The van der Waals surface area contributed by atoms with E-state index in [-0.39, 0.29) is 18.5 Å². The molecule has 6 heteroatoms. The van der Waals surface area contributed by atoms with Gasteiger partial charge in [-0.25, -0.2) is 4.98 Å². The Labute approximate surface area is 199 Å². The highest BCUT2D eigenvalue weighted by Gasteiger charge is 2.20. The third-order valence-corrected chi connectivity index (χ3v) is 5.57. The van der Waals surface area contributed by atoms with Crippen molar-refractivity contribution in [1.29, 1.82) is 5.26 Å². The van der Waals surface area contributed by atoms with E-state index in [1.54, 1.807) is 6.33 Å². The molecule has 1 atom stereocenters. The molecule has 0 bridgehead atoms. The second-order valence-electron chi connectivity index (χ2n) is 7.48. The lowest BCUT2D eigenvalue weighted by Gasteiger charge is -2.21. The van der Waals surface area contributed by atoms with Crippen LogP contribution in [0.5, 0.6) is 0 Å². The summed E-state index contributed by atoms with van der Waals surface area (Å²) in [6.07, 6.45) is 3.23. The maximum Gasteiger partial charge on any atom is 0.124 e. The first-order valence-corrected chi connectivity index (χ1v) is 10.4. The van der Waals surface area contributed by atoms with Gasteiger partial charge in [-0.15, -0.1) is 12.4 Å². The maximum absolute atomic E-state index is 9.70. The molecule has 0 amide bonds. The molecule has 0 fully saturated rings. The molecule has 0 aliphatic carbocycles. The van der Waals surface area contributed by atoms with Crippen LogP contribution in [0.1, 0.15) is 34.1 Å². The summed E-state index contributed by atoms with van der Waals surface area (Å²) < 4.78 is 8.34. The number of hydrogen-bond donors (Lipinski definition) is 0. The quantitative estimate of drug-likeness (QED) is 0.321. The lowest BCUT2D eigenvalue weighted by Crippen LogP contribution is -2.11. The molecule has 3 aromatic carbocycles. The molecular weight excluding hydrogens is 441 g/mol. The van der Waals surface area contributed by atoms with Gasteiger partial charge in [0.2, 0.25) is 0 Å². The van der Waals surface area contributed by atoms with Crippen LogP contribution in [0.25, 0.3) is 11.1 Å². The number of nitriles is 1. The molecule has 1 aromatic heterocycles. The summed E-state index contributed by atoms with van der Waals surface area (Å²) in [6, 6.07) is 23.9. The Morgan fingerprint density at radius 2 is 1.88 bits per heavy atom. The number of ether oxygens (including phenoxy) is 1. The van der Waals surface area contributed by atoms with E-state index >= 15 is 0 Å². The van der Waals surface area contributed by atoms with Gasteiger partial charge in [0.1, 0.15) is 6.10 Å². The van der Waals surface area contributed by atoms with E-state index in [2.05, 4.69) is 30.1 Å². The summed E-state index contributed by atoms with van der Waals surface area (Å²) in [7, 11) is 1.95. The minimum atomic E-state index is -0.345. The summed E-state index contributed by atoms with van der Waals surface area (Å²) in [4.78, 5) is 4.28. The summed E-state index contributed by atoms with van der Waals surface area (Å²) in [5.41, 5.74) is 6.58. The van der Waals surface area contributed by atoms with Crippen molar-refractivity contribution < 1.29 is 4.74 Å². The van der Waals surface area contributed by atoms with Crippen molar-refractivity contribution in [2.24, 2.45) is 7.05 Å². The van der Waals surface area contributed by atoms with E-state index in [0.717, 1.165) is 33.5 Å². The number of benzene rings is 3. The smallest absolute Gasteiger partial charge is 0.124 e. The molecule has 4 rings (SSSR count). The zero-order valence-corrected chi connectivity index (χ0v) is 19.4. The van der Waals surface area contributed by atoms with Crippen molar-refractivity contribution in [3.63, 3.8) is 0 Å². The molecular formula is C26H23Cl2N3O. The van der Waals surface area contributed by atoms with Crippen molar-refractivity contribution in [2.75, 3.05) is 0 Å². The first-order valence-electron chi connectivity index (χ1n) is 9.99. The maximum atomic E-state index is 9.70. The van der Waals surface area contributed by atoms with Crippen LogP contribution in [0.2, 0.25) is 5.02 Å². The van der Waals surface area contributed by atoms with Gasteiger partial charge in [0.15, 0.2) is 0 Å². The largest absolute Gasteiger partial charge is 0.363 e. The average Bonchev–Trinajstić information content (AvgIpc) is 3.20. The summed E-state index contributed by atoms with van der Waals surface area (Å²) in [6.45, 7) is 2.45. The number of rotatable bonds is 6. The molecule has 0 saturated heterocycles. The van der Waals surface area contributed by atoms with E-state index in [4.69, 9.17) is 16.3 Å². The first kappa shape index (κ1) is 23.6. The molecule has 1 heterocycles. The van der Waals surface area contributed by atoms with E-state index in [0.29, 0.717) is 17.2 Å². The van der Waals surface area contributed by atoms with Gasteiger partial charge in [-0.1, -0.05) is 54.1 Å². The minimum Gasteiger partial charge on any atom is -0.363 e. The molecule has 1 unspecified atom stereocenters. The summed E-state index contributed by atoms with van der Waals surface area (Å²) in [5, 5.41) is 10.4. The van der Waals surface area contributed by atoms with Crippen LogP contribution in [0.15, 0.2) is 79.3 Å². The van der Waals surface area contributed by atoms with Crippen LogP contribution in [0.3, 0.4) is 0 Å². The number of halogens is 2. The molecule has 4 aromatic rings. The topological polar surface area (TPSA) is 50.8 Å². The minimum absolute atomic E-state index is 0. The van der Waals surface area contributed by atoms with Gasteiger partial charge >= 0.3 is 0 Å². The Hall–Kier alpha value is -3.10. The van der Waals surface area contributed by atoms with Crippen LogP contribution in [-0.4, -0.2) is 9.55 Å². The SMILES string of the molecule is Cc1ccccc1-c1cc(C(OCc2cccc(Cl)c2)c2cncn2C)ccc1C#N.Cl. The zero-order valence-electron chi connectivity index (χ0n) is 17.8. The van der Waals surface area contributed by atoms with E-state index < -0.39 is 0 Å². The van der Waals surface area contributed by atoms with Crippen LogP contribution in [0.4, 0.5) is 0 Å². The van der Waals surface area contributed by atoms with Crippen molar-refractivity contribution in [3.05, 3.63) is 112 Å². The lowest BCUT2D eigenvalue weighted by atomic mass is 9.93. The van der Waals surface area contributed by atoms with Gasteiger partial charge in [-0.3, -0.25) is 0 Å². The third kappa shape index (κ3) is 5.03.